The molecule has 3 aromatic rings. The van der Waals surface area contributed by atoms with Gasteiger partial charge in [-0.05, 0) is 42.5 Å². The van der Waals surface area contributed by atoms with E-state index in [-0.39, 0.29) is 5.91 Å². The van der Waals surface area contributed by atoms with Gasteiger partial charge < -0.3 is 5.32 Å². The number of amides is 1. The summed E-state index contributed by atoms with van der Waals surface area (Å²) in [6, 6.07) is 14.5. The summed E-state index contributed by atoms with van der Waals surface area (Å²) in [6.45, 7) is 0. The Morgan fingerprint density at radius 1 is 1.14 bits per heavy atom. The molecule has 0 bridgehead atoms. The number of benzene rings is 2. The van der Waals surface area contributed by atoms with E-state index in [1.165, 1.54) is 0 Å². The predicted molar refractivity (Wildman–Crippen MR) is 87.0 cm³/mol. The summed E-state index contributed by atoms with van der Waals surface area (Å²) >= 11 is 7.47. The van der Waals surface area contributed by atoms with Crippen LogP contribution in [0.2, 0.25) is 5.02 Å². The number of rotatable bonds is 3. The Morgan fingerprint density at radius 3 is 2.62 bits per heavy atom. The Hall–Kier alpha value is -2.17. The average molecular weight is 315 g/mol. The van der Waals surface area contributed by atoms with E-state index in [0.717, 1.165) is 16.3 Å². The highest BCUT2D eigenvalue weighted by Crippen LogP contribution is 2.23. The van der Waals surface area contributed by atoms with Crippen LogP contribution in [-0.2, 0) is 0 Å². The van der Waals surface area contributed by atoms with Crippen molar-refractivity contribution < 1.29 is 4.79 Å². The number of hydrogen-bond acceptors (Lipinski definition) is 3. The molecule has 1 heterocycles. The second kappa shape index (κ2) is 6.08. The molecule has 0 saturated heterocycles. The molecule has 0 atom stereocenters. The summed E-state index contributed by atoms with van der Waals surface area (Å²) in [7, 11) is 0. The minimum Gasteiger partial charge on any atom is -0.322 e. The van der Waals surface area contributed by atoms with Crippen LogP contribution in [0.4, 0.5) is 5.69 Å². The van der Waals surface area contributed by atoms with Crippen molar-refractivity contribution in [1.29, 1.82) is 0 Å². The van der Waals surface area contributed by atoms with E-state index in [1.54, 1.807) is 41.8 Å². The molecule has 21 heavy (non-hydrogen) atoms. The van der Waals surface area contributed by atoms with E-state index in [2.05, 4.69) is 10.3 Å². The fourth-order valence-corrected chi connectivity index (χ4v) is 2.73. The van der Waals surface area contributed by atoms with Crippen molar-refractivity contribution >= 4 is 34.5 Å². The van der Waals surface area contributed by atoms with E-state index in [1.807, 2.05) is 29.6 Å². The van der Waals surface area contributed by atoms with Crippen molar-refractivity contribution in [2.45, 2.75) is 0 Å². The molecule has 0 radical (unpaired) electrons. The number of nitrogens with one attached hydrogen (secondary N) is 1. The Balaban J connectivity index is 1.75. The summed E-state index contributed by atoms with van der Waals surface area (Å²) in [5.74, 6) is -0.181. The molecule has 0 aliphatic carbocycles. The third-order valence-corrected chi connectivity index (χ3v) is 3.97. The number of carbonyl (C=O) groups is 1. The quantitative estimate of drug-likeness (QED) is 0.760. The molecular formula is C16H11ClN2OS. The maximum Gasteiger partial charge on any atom is 0.255 e. The predicted octanol–water partition coefficient (Wildman–Crippen LogP) is 4.72. The minimum atomic E-state index is -0.181. The van der Waals surface area contributed by atoms with Crippen LogP contribution in [0.3, 0.4) is 0 Å². The normalized spacial score (nSPS) is 10.3. The molecule has 0 aliphatic heterocycles. The van der Waals surface area contributed by atoms with E-state index in [4.69, 9.17) is 11.6 Å². The van der Waals surface area contributed by atoms with Crippen LogP contribution in [0, 0.1) is 0 Å². The Kier molecular flexibility index (Phi) is 3.99. The van der Waals surface area contributed by atoms with Gasteiger partial charge in [-0.1, -0.05) is 17.7 Å². The van der Waals surface area contributed by atoms with E-state index in [9.17, 15) is 4.79 Å². The molecule has 0 fully saturated rings. The molecule has 1 N–H and O–H groups in total. The summed E-state index contributed by atoms with van der Waals surface area (Å²) in [6.07, 6.45) is 1.77. The second-order valence-corrected chi connectivity index (χ2v) is 5.71. The standard InChI is InChI=1S/C16H11ClN2OS/c17-13-3-1-2-12(10-13)15(20)19-14-6-4-11(5-7-14)16-18-8-9-21-16/h1-10H,(H,19,20). The Bertz CT molecular complexity index is 754. The van der Waals surface area contributed by atoms with E-state index < -0.39 is 0 Å². The number of carbonyl (C=O) groups excluding carboxylic acids is 1. The Labute approximate surface area is 131 Å². The summed E-state index contributed by atoms with van der Waals surface area (Å²) in [5, 5.41) is 6.28. The van der Waals surface area contributed by atoms with Gasteiger partial charge in [0.2, 0.25) is 0 Å². The van der Waals surface area contributed by atoms with Crippen molar-refractivity contribution in [2.75, 3.05) is 5.32 Å². The molecule has 1 aromatic heterocycles. The van der Waals surface area contributed by atoms with Crippen molar-refractivity contribution in [1.82, 2.24) is 4.98 Å². The van der Waals surface area contributed by atoms with Crippen LogP contribution in [0.15, 0.2) is 60.1 Å². The van der Waals surface area contributed by atoms with Gasteiger partial charge in [0.25, 0.3) is 5.91 Å². The zero-order valence-corrected chi connectivity index (χ0v) is 12.5. The van der Waals surface area contributed by atoms with Gasteiger partial charge in [0.1, 0.15) is 5.01 Å². The minimum absolute atomic E-state index is 0.181. The van der Waals surface area contributed by atoms with Crippen LogP contribution in [0.5, 0.6) is 0 Å². The highest BCUT2D eigenvalue weighted by atomic mass is 35.5. The van der Waals surface area contributed by atoms with Gasteiger partial charge in [0.05, 0.1) is 0 Å². The molecular weight excluding hydrogens is 304 g/mol. The zero-order valence-electron chi connectivity index (χ0n) is 10.9. The molecule has 0 unspecified atom stereocenters. The number of anilines is 1. The molecule has 0 aliphatic rings. The molecule has 104 valence electrons. The van der Waals surface area contributed by atoms with Gasteiger partial charge in [-0.25, -0.2) is 4.98 Å². The van der Waals surface area contributed by atoms with Gasteiger partial charge in [-0.2, -0.15) is 0 Å². The summed E-state index contributed by atoms with van der Waals surface area (Å²) < 4.78 is 0. The number of aromatic nitrogens is 1. The lowest BCUT2D eigenvalue weighted by Crippen LogP contribution is -2.11. The second-order valence-electron chi connectivity index (χ2n) is 4.38. The average Bonchev–Trinajstić information content (AvgIpc) is 3.02. The van der Waals surface area contributed by atoms with Crippen molar-refractivity contribution in [2.24, 2.45) is 0 Å². The largest absolute Gasteiger partial charge is 0.322 e. The summed E-state index contributed by atoms with van der Waals surface area (Å²) in [4.78, 5) is 16.4. The van der Waals surface area contributed by atoms with Gasteiger partial charge in [0.15, 0.2) is 0 Å². The van der Waals surface area contributed by atoms with Crippen LogP contribution < -0.4 is 5.32 Å². The third kappa shape index (κ3) is 3.29. The van der Waals surface area contributed by atoms with Crippen LogP contribution in [-0.4, -0.2) is 10.9 Å². The van der Waals surface area contributed by atoms with Crippen LogP contribution >= 0.6 is 22.9 Å². The number of nitrogens with zero attached hydrogens (tertiary/aromatic N) is 1. The number of hydrogen-bond donors (Lipinski definition) is 1. The molecule has 5 heteroatoms. The lowest BCUT2D eigenvalue weighted by atomic mass is 10.2. The van der Waals surface area contributed by atoms with Crippen LogP contribution in [0.1, 0.15) is 10.4 Å². The van der Waals surface area contributed by atoms with Gasteiger partial charge in [-0.3, -0.25) is 4.79 Å². The van der Waals surface area contributed by atoms with Crippen molar-refractivity contribution in [3.63, 3.8) is 0 Å². The molecule has 1 amide bonds. The fraction of sp³-hybridized carbons (Fsp3) is 0. The smallest absolute Gasteiger partial charge is 0.255 e. The number of thiazole rings is 1. The highest BCUT2D eigenvalue weighted by Gasteiger charge is 2.07. The van der Waals surface area contributed by atoms with Crippen molar-refractivity contribution in [3.05, 3.63) is 70.7 Å². The highest BCUT2D eigenvalue weighted by molar-refractivity contribution is 7.13. The summed E-state index contributed by atoms with van der Waals surface area (Å²) in [5.41, 5.74) is 2.30. The van der Waals surface area contributed by atoms with Gasteiger partial charge in [-0.15, -0.1) is 11.3 Å². The Morgan fingerprint density at radius 2 is 1.95 bits per heavy atom. The molecule has 0 spiro atoms. The van der Waals surface area contributed by atoms with Gasteiger partial charge in [0, 0.05) is 33.4 Å². The molecule has 2 aromatic carbocycles. The zero-order chi connectivity index (χ0) is 14.7. The fourth-order valence-electron chi connectivity index (χ4n) is 1.90. The lowest BCUT2D eigenvalue weighted by molar-refractivity contribution is 0.102. The first-order valence-electron chi connectivity index (χ1n) is 6.29. The van der Waals surface area contributed by atoms with Crippen LogP contribution in [0.25, 0.3) is 10.6 Å². The van der Waals surface area contributed by atoms with Crippen molar-refractivity contribution in [3.8, 4) is 10.6 Å². The van der Waals surface area contributed by atoms with E-state index in [0.29, 0.717) is 10.6 Å². The first-order valence-corrected chi connectivity index (χ1v) is 7.55. The van der Waals surface area contributed by atoms with Gasteiger partial charge >= 0.3 is 0 Å². The third-order valence-electron chi connectivity index (χ3n) is 2.91. The maximum absolute atomic E-state index is 12.1. The monoisotopic (exact) mass is 314 g/mol. The maximum atomic E-state index is 12.1. The first kappa shape index (κ1) is 13.8. The topological polar surface area (TPSA) is 42.0 Å². The number of halogens is 1. The SMILES string of the molecule is O=C(Nc1ccc(-c2nccs2)cc1)c1cccc(Cl)c1. The first-order chi connectivity index (χ1) is 10.2. The molecule has 3 rings (SSSR count). The van der Waals surface area contributed by atoms with E-state index >= 15 is 0 Å². The lowest BCUT2D eigenvalue weighted by Gasteiger charge is -2.06. The molecule has 3 nitrogen and oxygen atoms in total. The molecule has 0 saturated carbocycles.